The number of ether oxygens (including phenoxy) is 1. The van der Waals surface area contributed by atoms with Crippen molar-refractivity contribution in [2.24, 2.45) is 0 Å². The molecule has 0 aliphatic rings. The Labute approximate surface area is 431 Å². The zero-order valence-corrected chi connectivity index (χ0v) is 46.6. The Morgan fingerprint density at radius 2 is 0.681 bits per heavy atom. The van der Waals surface area contributed by atoms with E-state index in [1.54, 1.807) is 6.08 Å². The molecule has 2 unspecified atom stereocenters. The van der Waals surface area contributed by atoms with Crippen LogP contribution in [0.1, 0.15) is 341 Å². The monoisotopic (exact) mass is 972 g/mol. The van der Waals surface area contributed by atoms with Crippen LogP contribution in [0.3, 0.4) is 0 Å². The maximum atomic E-state index is 12.5. The van der Waals surface area contributed by atoms with Crippen LogP contribution in [0.25, 0.3) is 0 Å². The molecule has 1 amide bonds. The highest BCUT2D eigenvalue weighted by Gasteiger charge is 2.18. The van der Waals surface area contributed by atoms with Crippen LogP contribution in [0.4, 0.5) is 0 Å². The highest BCUT2D eigenvalue weighted by molar-refractivity contribution is 5.76. The van der Waals surface area contributed by atoms with E-state index in [9.17, 15) is 19.8 Å². The van der Waals surface area contributed by atoms with Gasteiger partial charge in [-0.05, 0) is 57.8 Å². The van der Waals surface area contributed by atoms with Crippen molar-refractivity contribution in [3.05, 3.63) is 24.3 Å². The van der Waals surface area contributed by atoms with Crippen molar-refractivity contribution in [3.63, 3.8) is 0 Å². The minimum Gasteiger partial charge on any atom is -0.466 e. The van der Waals surface area contributed by atoms with E-state index in [1.165, 1.54) is 276 Å². The molecular weight excluding hydrogens is 851 g/mol. The van der Waals surface area contributed by atoms with Crippen LogP contribution in [-0.4, -0.2) is 47.4 Å². The van der Waals surface area contributed by atoms with Crippen molar-refractivity contribution in [3.8, 4) is 0 Å². The van der Waals surface area contributed by atoms with Gasteiger partial charge in [0.05, 0.1) is 25.4 Å². The summed E-state index contributed by atoms with van der Waals surface area (Å²) in [6, 6.07) is -0.631. The lowest BCUT2D eigenvalue weighted by Crippen LogP contribution is -2.45. The highest BCUT2D eigenvalue weighted by Crippen LogP contribution is 2.17. The normalized spacial score (nSPS) is 12.7. The summed E-state index contributed by atoms with van der Waals surface area (Å²) in [6.45, 7) is 4.92. The molecule has 0 saturated carbocycles. The number of nitrogens with one attached hydrogen (secondary N) is 1. The van der Waals surface area contributed by atoms with E-state index in [0.717, 1.165) is 38.5 Å². The number of rotatable bonds is 58. The fraction of sp³-hybridized carbons (Fsp3) is 0.905. The summed E-state index contributed by atoms with van der Waals surface area (Å²) in [5.41, 5.74) is 0. The molecule has 0 radical (unpaired) electrons. The smallest absolute Gasteiger partial charge is 0.305 e. The van der Waals surface area contributed by atoms with Gasteiger partial charge in [0.2, 0.25) is 5.91 Å². The summed E-state index contributed by atoms with van der Waals surface area (Å²) in [5.74, 6) is -0.0576. The molecule has 0 aliphatic carbocycles. The minimum atomic E-state index is -0.847. The highest BCUT2D eigenvalue weighted by atomic mass is 16.5. The molecule has 0 aromatic carbocycles. The zero-order valence-electron chi connectivity index (χ0n) is 46.6. The predicted octanol–water partition coefficient (Wildman–Crippen LogP) is 19.4. The Balaban J connectivity index is 3.43. The van der Waals surface area contributed by atoms with E-state index in [1.807, 2.05) is 6.08 Å². The third kappa shape index (κ3) is 55.5. The topological polar surface area (TPSA) is 95.9 Å². The molecule has 0 bridgehead atoms. The molecule has 6 nitrogen and oxygen atoms in total. The van der Waals surface area contributed by atoms with Crippen molar-refractivity contribution in [2.75, 3.05) is 13.2 Å². The van der Waals surface area contributed by atoms with Crippen molar-refractivity contribution in [1.82, 2.24) is 5.32 Å². The first-order chi connectivity index (χ1) is 34.0. The summed E-state index contributed by atoms with van der Waals surface area (Å²) in [6.07, 6.45) is 72.2. The number of allylic oxidation sites excluding steroid dienone is 3. The molecule has 0 aromatic heterocycles. The van der Waals surface area contributed by atoms with E-state index < -0.39 is 12.1 Å². The fourth-order valence-electron chi connectivity index (χ4n) is 9.69. The molecule has 0 fully saturated rings. The average Bonchev–Trinajstić information content (AvgIpc) is 3.35. The lowest BCUT2D eigenvalue weighted by molar-refractivity contribution is -0.143. The predicted molar refractivity (Wildman–Crippen MR) is 301 cm³/mol. The molecular formula is C63H121NO5. The summed E-state index contributed by atoms with van der Waals surface area (Å²) in [5, 5.41) is 23.1. The van der Waals surface area contributed by atoms with E-state index in [0.29, 0.717) is 19.4 Å². The van der Waals surface area contributed by atoms with Gasteiger partial charge in [-0.2, -0.15) is 0 Å². The quantitative estimate of drug-likeness (QED) is 0.0321. The van der Waals surface area contributed by atoms with Crippen LogP contribution in [-0.2, 0) is 14.3 Å². The second kappa shape index (κ2) is 58.9. The Morgan fingerprint density at radius 3 is 1.03 bits per heavy atom. The number of amides is 1. The number of esters is 1. The van der Waals surface area contributed by atoms with Crippen LogP contribution in [0.2, 0.25) is 0 Å². The SMILES string of the molecule is CCCCCCCCCCCCCCCC/C=C/C(O)C(CO)NC(=O)CCCCCCCCCC/C=C\CCCCCCCCCCCCCCOC(=O)CCCCCCCCCCCCCC. The van der Waals surface area contributed by atoms with E-state index in [4.69, 9.17) is 4.74 Å². The van der Waals surface area contributed by atoms with Gasteiger partial charge in [0.1, 0.15) is 0 Å². The molecule has 0 aromatic rings. The van der Waals surface area contributed by atoms with Gasteiger partial charge >= 0.3 is 5.97 Å². The third-order valence-corrected chi connectivity index (χ3v) is 14.5. The lowest BCUT2D eigenvalue weighted by atomic mass is 10.0. The molecule has 408 valence electrons. The van der Waals surface area contributed by atoms with Crippen LogP contribution < -0.4 is 5.32 Å². The number of hydrogen-bond acceptors (Lipinski definition) is 5. The van der Waals surface area contributed by atoms with Gasteiger partial charge in [-0.3, -0.25) is 9.59 Å². The van der Waals surface area contributed by atoms with Gasteiger partial charge in [-0.15, -0.1) is 0 Å². The molecule has 0 spiro atoms. The van der Waals surface area contributed by atoms with Crippen molar-refractivity contribution in [2.45, 2.75) is 353 Å². The number of carbonyl (C=O) groups excluding carboxylic acids is 2. The maximum absolute atomic E-state index is 12.5. The molecule has 3 N–H and O–H groups in total. The summed E-state index contributed by atoms with van der Waals surface area (Å²) < 4.78 is 5.47. The second-order valence-electron chi connectivity index (χ2n) is 21.4. The molecule has 0 saturated heterocycles. The first-order valence-corrected chi connectivity index (χ1v) is 31.1. The minimum absolute atomic E-state index is 0.0130. The maximum Gasteiger partial charge on any atom is 0.305 e. The van der Waals surface area contributed by atoms with Gasteiger partial charge in [0.25, 0.3) is 0 Å². The Morgan fingerprint density at radius 1 is 0.391 bits per heavy atom. The van der Waals surface area contributed by atoms with Crippen LogP contribution >= 0.6 is 0 Å². The van der Waals surface area contributed by atoms with Gasteiger partial charge in [0.15, 0.2) is 0 Å². The number of hydrogen-bond donors (Lipinski definition) is 3. The Kier molecular flexibility index (Phi) is 57.5. The van der Waals surface area contributed by atoms with Crippen LogP contribution in [0, 0.1) is 0 Å². The molecule has 0 heterocycles. The Bertz CT molecular complexity index is 1080. The number of unbranched alkanes of at least 4 members (excludes halogenated alkanes) is 45. The van der Waals surface area contributed by atoms with Gasteiger partial charge in [0, 0.05) is 12.8 Å². The van der Waals surface area contributed by atoms with Crippen molar-refractivity contribution >= 4 is 11.9 Å². The van der Waals surface area contributed by atoms with E-state index >= 15 is 0 Å². The first kappa shape index (κ1) is 67.3. The van der Waals surface area contributed by atoms with Crippen molar-refractivity contribution < 1.29 is 24.5 Å². The Hall–Kier alpha value is -1.66. The van der Waals surface area contributed by atoms with Crippen LogP contribution in [0.15, 0.2) is 24.3 Å². The second-order valence-corrected chi connectivity index (χ2v) is 21.4. The van der Waals surface area contributed by atoms with Crippen LogP contribution in [0.5, 0.6) is 0 Å². The molecule has 69 heavy (non-hydrogen) atoms. The number of carbonyl (C=O) groups is 2. The van der Waals surface area contributed by atoms with E-state index in [-0.39, 0.29) is 18.5 Å². The number of aliphatic hydroxyl groups excluding tert-OH is 2. The molecule has 6 heteroatoms. The molecule has 2 atom stereocenters. The third-order valence-electron chi connectivity index (χ3n) is 14.5. The van der Waals surface area contributed by atoms with Gasteiger partial charge in [-0.25, -0.2) is 0 Å². The molecule has 0 rings (SSSR count). The summed E-state index contributed by atoms with van der Waals surface area (Å²) in [7, 11) is 0. The molecule has 0 aliphatic heterocycles. The van der Waals surface area contributed by atoms with Crippen molar-refractivity contribution in [1.29, 1.82) is 0 Å². The standard InChI is InChI=1S/C63H121NO5/c1-3-5-7-9-11-13-15-17-18-29-32-35-39-43-47-51-55-61(66)60(59-65)64-62(67)56-52-48-44-40-36-33-30-27-25-23-21-19-20-22-24-26-28-31-34-38-42-46-50-54-58-69-63(68)57-53-49-45-41-37-16-14-12-10-8-6-4-2/h21,23,51,55,60-61,65-66H,3-20,22,24-50,52-54,56-59H2,1-2H3,(H,64,67)/b23-21-,55-51+. The summed E-state index contributed by atoms with van der Waals surface area (Å²) >= 11 is 0. The largest absolute Gasteiger partial charge is 0.466 e. The van der Waals surface area contributed by atoms with Gasteiger partial charge < -0.3 is 20.3 Å². The zero-order chi connectivity index (χ0) is 50.0. The van der Waals surface area contributed by atoms with Gasteiger partial charge in [-0.1, -0.05) is 295 Å². The van der Waals surface area contributed by atoms with E-state index in [2.05, 4.69) is 31.3 Å². The summed E-state index contributed by atoms with van der Waals surface area (Å²) in [4.78, 5) is 24.5. The average molecular weight is 973 g/mol. The number of aliphatic hydroxyl groups is 2. The lowest BCUT2D eigenvalue weighted by Gasteiger charge is -2.20. The first-order valence-electron chi connectivity index (χ1n) is 31.1. The fourth-order valence-corrected chi connectivity index (χ4v) is 9.69.